The maximum atomic E-state index is 12.7. The highest BCUT2D eigenvalue weighted by atomic mass is 16.7. The normalized spacial score (nSPS) is 27.7. The molecule has 2 N–H and O–H groups in total. The second kappa shape index (κ2) is 9.57. The van der Waals surface area contributed by atoms with E-state index in [4.69, 9.17) is 14.2 Å². The molecule has 2 amide bonds. The van der Waals surface area contributed by atoms with Gasteiger partial charge in [-0.25, -0.2) is 9.69 Å². The van der Waals surface area contributed by atoms with Gasteiger partial charge in [-0.3, -0.25) is 4.79 Å². The largest absolute Gasteiger partial charge is 0.444 e. The van der Waals surface area contributed by atoms with Crippen LogP contribution >= 0.6 is 0 Å². The van der Waals surface area contributed by atoms with Crippen molar-refractivity contribution in [1.29, 1.82) is 0 Å². The van der Waals surface area contributed by atoms with Crippen molar-refractivity contribution in [3.05, 3.63) is 71.8 Å². The molecule has 8 nitrogen and oxygen atoms in total. The molecule has 2 saturated heterocycles. The van der Waals surface area contributed by atoms with Gasteiger partial charge in [0.1, 0.15) is 18.8 Å². The Kier molecular flexibility index (Phi) is 6.62. The Morgan fingerprint density at radius 2 is 1.81 bits per heavy atom. The first-order valence-corrected chi connectivity index (χ1v) is 10.3. The van der Waals surface area contributed by atoms with Crippen molar-refractivity contribution in [3.8, 4) is 0 Å². The van der Waals surface area contributed by atoms with Crippen molar-refractivity contribution in [2.75, 3.05) is 13.2 Å². The van der Waals surface area contributed by atoms with Gasteiger partial charge in [0.25, 0.3) is 0 Å². The number of piperidine rings is 1. The summed E-state index contributed by atoms with van der Waals surface area (Å²) >= 11 is 0. The van der Waals surface area contributed by atoms with Crippen molar-refractivity contribution in [2.45, 2.75) is 44.1 Å². The van der Waals surface area contributed by atoms with Crippen molar-refractivity contribution in [1.82, 2.24) is 10.2 Å². The lowest BCUT2D eigenvalue weighted by atomic mass is 9.92. The van der Waals surface area contributed by atoms with Crippen LogP contribution in [0.2, 0.25) is 0 Å². The molecule has 31 heavy (non-hydrogen) atoms. The molecule has 1 unspecified atom stereocenters. The standard InChI is InChI=1S/C23H26N2O6/c1-15(26)25(23(28)30-13-16-8-4-2-5-9-16)19-12-24-18-14-29-22(31-21(18)20(19)27)17-10-6-3-7-11-17/h2-11,18-22,24,27H,12-14H2,1H3/t18-,19+,20-,21-,22?/m1/s1. The first-order valence-electron chi connectivity index (χ1n) is 10.3. The van der Waals surface area contributed by atoms with Crippen LogP contribution in [0.25, 0.3) is 0 Å². The van der Waals surface area contributed by atoms with E-state index in [0.29, 0.717) is 6.61 Å². The van der Waals surface area contributed by atoms with E-state index in [2.05, 4.69) is 5.32 Å². The van der Waals surface area contributed by atoms with Gasteiger partial charge in [0.15, 0.2) is 6.29 Å². The smallest absolute Gasteiger partial charge is 0.417 e. The summed E-state index contributed by atoms with van der Waals surface area (Å²) in [7, 11) is 0. The van der Waals surface area contributed by atoms with Gasteiger partial charge in [-0.2, -0.15) is 0 Å². The summed E-state index contributed by atoms with van der Waals surface area (Å²) < 4.78 is 17.2. The van der Waals surface area contributed by atoms with E-state index in [9.17, 15) is 14.7 Å². The molecule has 0 aliphatic carbocycles. The highest BCUT2D eigenvalue weighted by molar-refractivity contribution is 5.91. The average Bonchev–Trinajstić information content (AvgIpc) is 2.80. The molecule has 0 spiro atoms. The molecule has 164 valence electrons. The number of benzene rings is 2. The van der Waals surface area contributed by atoms with Gasteiger partial charge in [0.2, 0.25) is 5.91 Å². The summed E-state index contributed by atoms with van der Waals surface area (Å²) in [6, 6.07) is 17.6. The average molecular weight is 426 g/mol. The quantitative estimate of drug-likeness (QED) is 0.772. The zero-order chi connectivity index (χ0) is 21.8. The summed E-state index contributed by atoms with van der Waals surface area (Å²) in [6.07, 6.45) is -3.17. The summed E-state index contributed by atoms with van der Waals surface area (Å²) in [4.78, 5) is 26.0. The Morgan fingerprint density at radius 1 is 1.13 bits per heavy atom. The number of imide groups is 1. The third kappa shape index (κ3) is 4.77. The zero-order valence-electron chi connectivity index (χ0n) is 17.2. The fourth-order valence-corrected chi connectivity index (χ4v) is 3.98. The third-order valence-corrected chi connectivity index (χ3v) is 5.57. The van der Waals surface area contributed by atoms with Crippen LogP contribution in [0.5, 0.6) is 0 Å². The summed E-state index contributed by atoms with van der Waals surface area (Å²) in [5.74, 6) is -0.506. The number of hydrogen-bond donors (Lipinski definition) is 2. The highest BCUT2D eigenvalue weighted by Gasteiger charge is 2.48. The molecule has 8 heteroatoms. The van der Waals surface area contributed by atoms with Gasteiger partial charge in [0, 0.05) is 19.0 Å². The molecule has 0 aromatic heterocycles. The number of amides is 2. The molecule has 2 aliphatic heterocycles. The monoisotopic (exact) mass is 426 g/mol. The number of fused-ring (bicyclic) bond motifs is 1. The van der Waals surface area contributed by atoms with Crippen LogP contribution in [0.3, 0.4) is 0 Å². The molecule has 2 fully saturated rings. The minimum atomic E-state index is -1.09. The van der Waals surface area contributed by atoms with E-state index < -0.39 is 36.5 Å². The summed E-state index contributed by atoms with van der Waals surface area (Å²) in [5, 5.41) is 14.3. The van der Waals surface area contributed by atoms with Gasteiger partial charge >= 0.3 is 6.09 Å². The maximum absolute atomic E-state index is 12.7. The Bertz CT molecular complexity index is 893. The molecular formula is C23H26N2O6. The van der Waals surface area contributed by atoms with Crippen molar-refractivity contribution < 1.29 is 28.9 Å². The number of ether oxygens (including phenoxy) is 3. The number of rotatable bonds is 4. The number of carbonyl (C=O) groups excluding carboxylic acids is 2. The molecule has 5 atom stereocenters. The predicted octanol–water partition coefficient (Wildman–Crippen LogP) is 1.99. The van der Waals surface area contributed by atoms with E-state index in [1.54, 1.807) is 0 Å². The zero-order valence-corrected chi connectivity index (χ0v) is 17.2. The maximum Gasteiger partial charge on any atom is 0.417 e. The Hall–Kier alpha value is -2.78. The van der Waals surface area contributed by atoms with E-state index >= 15 is 0 Å². The number of hydrogen-bond acceptors (Lipinski definition) is 7. The first-order chi connectivity index (χ1) is 15.0. The fourth-order valence-electron chi connectivity index (χ4n) is 3.98. The van der Waals surface area contributed by atoms with Gasteiger partial charge in [0.05, 0.1) is 18.7 Å². The van der Waals surface area contributed by atoms with E-state index in [0.717, 1.165) is 16.0 Å². The van der Waals surface area contributed by atoms with E-state index in [1.165, 1.54) is 6.92 Å². The van der Waals surface area contributed by atoms with E-state index in [1.807, 2.05) is 60.7 Å². The lowest BCUT2D eigenvalue weighted by Gasteiger charge is -2.47. The molecule has 2 aromatic rings. The second-order valence-electron chi connectivity index (χ2n) is 7.68. The second-order valence-corrected chi connectivity index (χ2v) is 7.68. The van der Waals surface area contributed by atoms with Crippen LogP contribution < -0.4 is 5.32 Å². The molecule has 2 heterocycles. The first kappa shape index (κ1) is 21.5. The van der Waals surface area contributed by atoms with Crippen LogP contribution in [-0.2, 0) is 25.6 Å². The number of carbonyl (C=O) groups is 2. The molecule has 0 bridgehead atoms. The Balaban J connectivity index is 1.45. The number of aliphatic hydroxyl groups is 1. The number of nitrogens with one attached hydrogen (secondary N) is 1. The lowest BCUT2D eigenvalue weighted by molar-refractivity contribution is -0.261. The Labute approximate surface area is 180 Å². The molecular weight excluding hydrogens is 400 g/mol. The molecule has 0 radical (unpaired) electrons. The van der Waals surface area contributed by atoms with Crippen LogP contribution in [0.1, 0.15) is 24.3 Å². The highest BCUT2D eigenvalue weighted by Crippen LogP contribution is 2.31. The van der Waals surface area contributed by atoms with Crippen molar-refractivity contribution >= 4 is 12.0 Å². The Morgan fingerprint density at radius 3 is 2.48 bits per heavy atom. The fraction of sp³-hybridized carbons (Fsp3) is 0.391. The van der Waals surface area contributed by atoms with Crippen molar-refractivity contribution in [3.63, 3.8) is 0 Å². The minimum Gasteiger partial charge on any atom is -0.444 e. The number of nitrogens with zero attached hydrogens (tertiary/aromatic N) is 1. The molecule has 4 rings (SSSR count). The van der Waals surface area contributed by atoms with Gasteiger partial charge in [-0.1, -0.05) is 60.7 Å². The number of aliphatic hydroxyl groups excluding tert-OH is 1. The predicted molar refractivity (Wildman–Crippen MR) is 111 cm³/mol. The van der Waals surface area contributed by atoms with Gasteiger partial charge in [-0.05, 0) is 5.56 Å². The minimum absolute atomic E-state index is 0.0339. The lowest BCUT2D eigenvalue weighted by Crippen LogP contribution is -2.69. The van der Waals surface area contributed by atoms with Crippen LogP contribution in [0.4, 0.5) is 4.79 Å². The van der Waals surface area contributed by atoms with E-state index in [-0.39, 0.29) is 19.2 Å². The topological polar surface area (TPSA) is 97.3 Å². The van der Waals surface area contributed by atoms with Crippen LogP contribution in [0.15, 0.2) is 60.7 Å². The van der Waals surface area contributed by atoms with Gasteiger partial charge in [-0.15, -0.1) is 0 Å². The third-order valence-electron chi connectivity index (χ3n) is 5.57. The van der Waals surface area contributed by atoms with Gasteiger partial charge < -0.3 is 24.6 Å². The summed E-state index contributed by atoms with van der Waals surface area (Å²) in [6.45, 7) is 1.87. The molecule has 2 aromatic carbocycles. The molecule has 0 saturated carbocycles. The summed E-state index contributed by atoms with van der Waals surface area (Å²) in [5.41, 5.74) is 1.64. The van der Waals surface area contributed by atoms with Crippen LogP contribution in [-0.4, -0.2) is 59.5 Å². The molecule has 2 aliphatic rings. The van der Waals surface area contributed by atoms with Crippen LogP contribution in [0, 0.1) is 0 Å². The SMILES string of the molecule is CC(=O)N(C(=O)OCc1ccccc1)[C@H]1CN[C@@H]2COC(c3ccccc3)O[C@H]2[C@@H]1O. The van der Waals surface area contributed by atoms with Crippen molar-refractivity contribution in [2.24, 2.45) is 0 Å².